The van der Waals surface area contributed by atoms with Crippen molar-refractivity contribution in [3.63, 3.8) is 0 Å². The number of carbonyl (C=O) groups is 1. The van der Waals surface area contributed by atoms with E-state index in [9.17, 15) is 9.59 Å². The fourth-order valence-electron chi connectivity index (χ4n) is 2.97. The number of piperidine rings is 1. The van der Waals surface area contributed by atoms with Crippen molar-refractivity contribution in [1.82, 2.24) is 10.1 Å². The molecule has 1 N–H and O–H groups in total. The molecule has 6 nitrogen and oxygen atoms in total. The molecule has 23 heavy (non-hydrogen) atoms. The Labute approximate surface area is 141 Å². The maximum Gasteiger partial charge on any atom is 0.409 e. The number of hydrogen-bond donors (Lipinski definition) is 1. The maximum atomic E-state index is 12.2. The van der Waals surface area contributed by atoms with Crippen molar-refractivity contribution < 1.29 is 20.9 Å². The lowest BCUT2D eigenvalue weighted by atomic mass is 9.86. The van der Waals surface area contributed by atoms with Crippen LogP contribution in [0.2, 0.25) is 0 Å². The first-order valence-corrected chi connectivity index (χ1v) is 7.33. The average Bonchev–Trinajstić information content (AvgIpc) is 3.13. The number of likely N-dealkylation sites (tertiary alicyclic amines) is 1. The largest absolute Gasteiger partial charge is 0.453 e. The van der Waals surface area contributed by atoms with Gasteiger partial charge in [0.2, 0.25) is 0 Å². The summed E-state index contributed by atoms with van der Waals surface area (Å²) in [4.78, 5) is 25.1. The number of nitrogens with one attached hydrogen (secondary N) is 1. The lowest BCUT2D eigenvalue weighted by Crippen LogP contribution is -2.46. The van der Waals surface area contributed by atoms with E-state index >= 15 is 0 Å². The number of benzene rings is 1. The van der Waals surface area contributed by atoms with Crippen LogP contribution in [0, 0.1) is 0 Å². The number of aromatic amines is 1. The topological polar surface area (TPSA) is 75.5 Å². The molecule has 1 aliphatic heterocycles. The quantitative estimate of drug-likeness (QED) is 0.942. The number of amides is 1. The first-order chi connectivity index (χ1) is 13.2. The summed E-state index contributed by atoms with van der Waals surface area (Å²) >= 11 is 0. The van der Waals surface area contributed by atoms with Gasteiger partial charge in [-0.3, -0.25) is 4.79 Å². The number of methoxy groups -OCH3 is 1. The van der Waals surface area contributed by atoms with Crippen molar-refractivity contribution in [2.45, 2.75) is 31.2 Å². The molecule has 2 aromatic rings. The van der Waals surface area contributed by atoms with E-state index in [1.807, 2.05) is 0 Å². The van der Waals surface area contributed by atoms with Crippen LogP contribution in [0.25, 0.3) is 0 Å². The van der Waals surface area contributed by atoms with E-state index in [1.54, 1.807) is 0 Å². The highest BCUT2D eigenvalue weighted by Crippen LogP contribution is 2.32. The summed E-state index contributed by atoms with van der Waals surface area (Å²) in [6, 6.07) is -0.972. The average molecular weight is 321 g/mol. The van der Waals surface area contributed by atoms with Crippen molar-refractivity contribution in [2.75, 3.05) is 13.7 Å². The molecular weight excluding hydrogens is 296 g/mol. The summed E-state index contributed by atoms with van der Waals surface area (Å²) in [5, 5.41) is 2.25. The van der Waals surface area contributed by atoms with Crippen molar-refractivity contribution in [3.8, 4) is 0 Å². The molecule has 3 rings (SSSR count). The van der Waals surface area contributed by atoms with Crippen LogP contribution in [0.5, 0.6) is 0 Å². The smallest absolute Gasteiger partial charge is 0.409 e. The standard InChI is InChI=1S/C17H20N2O4/c1-22-17(21)19-8-7-13(15-11-16(20)18-23-15)10-14(19)9-12-5-3-2-4-6-12/h2-6,11,13-14H,7-10H2,1H3,(H,18,20)/t13-,14+/m1/s1/i2D,3D,4D,5D,6D. The van der Waals surface area contributed by atoms with Gasteiger partial charge in [-0.15, -0.1) is 0 Å². The van der Waals surface area contributed by atoms with Gasteiger partial charge in [0.25, 0.3) is 5.56 Å². The summed E-state index contributed by atoms with van der Waals surface area (Å²) in [5.41, 5.74) is -0.214. The monoisotopic (exact) mass is 321 g/mol. The number of hydrogen-bond acceptors (Lipinski definition) is 4. The zero-order valence-corrected chi connectivity index (χ0v) is 12.6. The van der Waals surface area contributed by atoms with Crippen LogP contribution >= 0.6 is 0 Å². The summed E-state index contributed by atoms with van der Waals surface area (Å²) in [7, 11) is 1.27. The van der Waals surface area contributed by atoms with Gasteiger partial charge in [-0.2, -0.15) is 5.16 Å². The van der Waals surface area contributed by atoms with E-state index in [1.165, 1.54) is 18.1 Å². The van der Waals surface area contributed by atoms with Gasteiger partial charge >= 0.3 is 6.09 Å². The highest BCUT2D eigenvalue weighted by Gasteiger charge is 2.34. The predicted molar refractivity (Wildman–Crippen MR) is 84.3 cm³/mol. The molecule has 1 saturated heterocycles. The summed E-state index contributed by atoms with van der Waals surface area (Å²) in [5.74, 6) is 0.329. The molecule has 1 aromatic heterocycles. The Hall–Kier alpha value is -2.50. The van der Waals surface area contributed by atoms with Gasteiger partial charge in [0, 0.05) is 24.6 Å². The van der Waals surface area contributed by atoms with Crippen molar-refractivity contribution in [1.29, 1.82) is 0 Å². The first kappa shape index (κ1) is 10.3. The maximum absolute atomic E-state index is 12.2. The first-order valence-electron chi connectivity index (χ1n) is 9.83. The molecular formula is C17H20N2O4. The summed E-state index contributed by atoms with van der Waals surface area (Å²) < 4.78 is 49.7. The van der Waals surface area contributed by atoms with Gasteiger partial charge in [-0.05, 0) is 24.8 Å². The van der Waals surface area contributed by atoms with Crippen LogP contribution in [-0.2, 0) is 11.2 Å². The fourth-order valence-corrected chi connectivity index (χ4v) is 2.97. The molecule has 0 spiro atoms. The van der Waals surface area contributed by atoms with Gasteiger partial charge < -0.3 is 14.2 Å². The minimum absolute atomic E-state index is 0.0654. The molecule has 122 valence electrons. The fraction of sp³-hybridized carbons (Fsp3) is 0.412. The molecule has 1 aromatic carbocycles. The lowest BCUT2D eigenvalue weighted by molar-refractivity contribution is 0.0817. The second-order valence-electron chi connectivity index (χ2n) is 5.46. The van der Waals surface area contributed by atoms with Gasteiger partial charge in [-0.1, -0.05) is 30.2 Å². The Morgan fingerprint density at radius 1 is 1.48 bits per heavy atom. The second-order valence-corrected chi connectivity index (χ2v) is 5.46. The molecule has 0 unspecified atom stereocenters. The molecule has 1 amide bonds. The Kier molecular flexibility index (Phi) is 3.01. The Morgan fingerprint density at radius 2 is 2.26 bits per heavy atom. The van der Waals surface area contributed by atoms with E-state index in [2.05, 4.69) is 5.16 Å². The highest BCUT2D eigenvalue weighted by molar-refractivity contribution is 5.68. The van der Waals surface area contributed by atoms with Crippen LogP contribution in [0.15, 0.2) is 45.6 Å². The van der Waals surface area contributed by atoms with E-state index < -0.39 is 30.3 Å². The third-order valence-corrected chi connectivity index (χ3v) is 4.06. The normalized spacial score (nSPS) is 24.2. The Balaban J connectivity index is 1.95. The van der Waals surface area contributed by atoms with Crippen molar-refractivity contribution in [2.24, 2.45) is 0 Å². The van der Waals surface area contributed by atoms with Crippen LogP contribution < -0.4 is 5.56 Å². The van der Waals surface area contributed by atoms with Crippen LogP contribution in [0.1, 0.15) is 36.9 Å². The van der Waals surface area contributed by atoms with Crippen LogP contribution in [0.4, 0.5) is 4.79 Å². The number of rotatable bonds is 3. The Morgan fingerprint density at radius 3 is 2.91 bits per heavy atom. The molecule has 2 heterocycles. The van der Waals surface area contributed by atoms with E-state index in [0.29, 0.717) is 25.1 Å². The van der Waals surface area contributed by atoms with Gasteiger partial charge in [0.05, 0.1) is 14.0 Å². The number of aromatic nitrogens is 1. The van der Waals surface area contributed by atoms with Crippen molar-refractivity contribution in [3.05, 3.63) is 58.0 Å². The number of ether oxygens (including phenoxy) is 1. The molecule has 0 aliphatic carbocycles. The van der Waals surface area contributed by atoms with Gasteiger partial charge in [0.1, 0.15) is 5.76 Å². The lowest BCUT2D eigenvalue weighted by Gasteiger charge is -2.38. The number of nitrogens with zero attached hydrogens (tertiary/aromatic N) is 1. The predicted octanol–water partition coefficient (Wildman–Crippen LogP) is 2.53. The SMILES string of the molecule is [2H]c1c([2H])c([2H])c(C[C@H]2C[C@H](c3cc(=O)[nH]o3)CCN2C(=O)OC)c([2H])c1[2H]. The third kappa shape index (κ3) is 3.47. The minimum Gasteiger partial charge on any atom is -0.453 e. The molecule has 0 saturated carbocycles. The highest BCUT2D eigenvalue weighted by atomic mass is 16.5. The van der Waals surface area contributed by atoms with Gasteiger partial charge in [0.15, 0.2) is 0 Å². The summed E-state index contributed by atoms with van der Waals surface area (Å²) in [6.07, 6.45) is 0.465. The van der Waals surface area contributed by atoms with E-state index in [-0.39, 0.29) is 35.5 Å². The zero-order chi connectivity index (χ0) is 20.6. The number of H-pyrrole nitrogens is 1. The molecule has 0 radical (unpaired) electrons. The van der Waals surface area contributed by atoms with Gasteiger partial charge in [-0.25, -0.2) is 4.79 Å². The zero-order valence-electron chi connectivity index (χ0n) is 17.6. The summed E-state index contributed by atoms with van der Waals surface area (Å²) in [6.45, 7) is 0.329. The van der Waals surface area contributed by atoms with E-state index in [4.69, 9.17) is 16.1 Å². The minimum atomic E-state index is -0.550. The number of carbonyl (C=O) groups excluding carboxylic acids is 1. The Bertz CT molecular complexity index is 929. The molecule has 1 fully saturated rings. The molecule has 2 atom stereocenters. The van der Waals surface area contributed by atoms with E-state index in [0.717, 1.165) is 0 Å². The molecule has 6 heteroatoms. The molecule has 0 bridgehead atoms. The van der Waals surface area contributed by atoms with Crippen LogP contribution in [0.3, 0.4) is 0 Å². The van der Waals surface area contributed by atoms with Crippen LogP contribution in [-0.4, -0.2) is 35.8 Å². The van der Waals surface area contributed by atoms with Crippen molar-refractivity contribution >= 4 is 6.09 Å². The second kappa shape index (κ2) is 6.73. The molecule has 1 aliphatic rings. The third-order valence-electron chi connectivity index (χ3n) is 4.06.